The molecule has 2 atom stereocenters. The zero-order valence-corrected chi connectivity index (χ0v) is 13.9. The molecule has 21 heavy (non-hydrogen) atoms. The first-order valence-electron chi connectivity index (χ1n) is 8.53. The second kappa shape index (κ2) is 6.37. The van der Waals surface area contributed by atoms with Crippen molar-refractivity contribution in [3.8, 4) is 0 Å². The van der Waals surface area contributed by atoms with Crippen LogP contribution in [0.15, 0.2) is 0 Å². The molecule has 1 saturated heterocycles. The van der Waals surface area contributed by atoms with Crippen LogP contribution in [-0.2, 0) is 9.59 Å². The van der Waals surface area contributed by atoms with Gasteiger partial charge in [-0.15, -0.1) is 0 Å². The van der Waals surface area contributed by atoms with Gasteiger partial charge in [0.1, 0.15) is 11.6 Å². The highest BCUT2D eigenvalue weighted by Crippen LogP contribution is 2.32. The van der Waals surface area contributed by atoms with Crippen LogP contribution in [0.2, 0.25) is 0 Å². The molecule has 2 amide bonds. The van der Waals surface area contributed by atoms with Crippen LogP contribution >= 0.6 is 0 Å². The van der Waals surface area contributed by atoms with Gasteiger partial charge in [0.2, 0.25) is 11.8 Å². The summed E-state index contributed by atoms with van der Waals surface area (Å²) in [4.78, 5) is 27.5. The zero-order valence-electron chi connectivity index (χ0n) is 13.9. The van der Waals surface area contributed by atoms with E-state index in [2.05, 4.69) is 12.2 Å². The molecular formula is C17H30N2O2. The molecule has 4 heteroatoms. The first kappa shape index (κ1) is 16.3. The molecule has 2 unspecified atom stereocenters. The maximum absolute atomic E-state index is 13.0. The summed E-state index contributed by atoms with van der Waals surface area (Å²) < 4.78 is 0. The predicted molar refractivity (Wildman–Crippen MR) is 83.8 cm³/mol. The van der Waals surface area contributed by atoms with Crippen molar-refractivity contribution >= 4 is 11.8 Å². The Morgan fingerprint density at radius 3 is 2.29 bits per heavy atom. The minimum atomic E-state index is -0.726. The van der Waals surface area contributed by atoms with Crippen LogP contribution in [0.4, 0.5) is 0 Å². The summed E-state index contributed by atoms with van der Waals surface area (Å²) in [5.41, 5.74) is -0.726. The van der Waals surface area contributed by atoms with Gasteiger partial charge in [0.05, 0.1) is 0 Å². The molecule has 0 spiro atoms. The maximum Gasteiger partial charge on any atom is 0.246 e. The fourth-order valence-corrected chi connectivity index (χ4v) is 3.69. The molecule has 1 heterocycles. The Labute approximate surface area is 128 Å². The molecule has 1 saturated carbocycles. The smallest absolute Gasteiger partial charge is 0.246 e. The van der Waals surface area contributed by atoms with Gasteiger partial charge in [0.15, 0.2) is 0 Å². The molecule has 2 fully saturated rings. The molecule has 0 aromatic rings. The maximum atomic E-state index is 13.0. The van der Waals surface area contributed by atoms with E-state index < -0.39 is 5.54 Å². The van der Waals surface area contributed by atoms with Crippen molar-refractivity contribution in [3.05, 3.63) is 0 Å². The molecule has 120 valence electrons. The number of piperazine rings is 1. The van der Waals surface area contributed by atoms with Crippen molar-refractivity contribution in [2.45, 2.75) is 90.3 Å². The summed E-state index contributed by atoms with van der Waals surface area (Å²) >= 11 is 0. The number of rotatable bonds is 3. The molecule has 0 aromatic carbocycles. The minimum Gasteiger partial charge on any atom is -0.342 e. The quantitative estimate of drug-likeness (QED) is 0.814. The van der Waals surface area contributed by atoms with Crippen molar-refractivity contribution in [1.29, 1.82) is 0 Å². The largest absolute Gasteiger partial charge is 0.342 e. The molecule has 1 N–H and O–H groups in total. The van der Waals surface area contributed by atoms with Crippen LogP contribution in [0, 0.1) is 5.92 Å². The Bertz CT molecular complexity index is 398. The van der Waals surface area contributed by atoms with E-state index in [0.717, 1.165) is 19.3 Å². The molecule has 1 aliphatic carbocycles. The summed E-state index contributed by atoms with van der Waals surface area (Å²) in [6, 6.07) is -0.119. The minimum absolute atomic E-state index is 0.00310. The Morgan fingerprint density at radius 2 is 1.76 bits per heavy atom. The molecule has 2 aliphatic rings. The SMILES string of the molecule is CCC(C)C1NC(=O)C(C)(C)N(C2CCCCCC2)C1=O. The van der Waals surface area contributed by atoms with Crippen molar-refractivity contribution in [1.82, 2.24) is 10.2 Å². The van der Waals surface area contributed by atoms with E-state index in [1.54, 1.807) is 0 Å². The second-order valence-electron chi connectivity index (χ2n) is 7.25. The van der Waals surface area contributed by atoms with Crippen LogP contribution in [0.5, 0.6) is 0 Å². The highest BCUT2D eigenvalue weighted by molar-refractivity contribution is 5.99. The topological polar surface area (TPSA) is 49.4 Å². The van der Waals surface area contributed by atoms with Gasteiger partial charge in [0, 0.05) is 6.04 Å². The third-order valence-corrected chi connectivity index (χ3v) is 5.35. The molecular weight excluding hydrogens is 264 g/mol. The number of amides is 2. The van der Waals surface area contributed by atoms with Gasteiger partial charge in [-0.1, -0.05) is 46.0 Å². The first-order chi connectivity index (χ1) is 9.89. The molecule has 0 aromatic heterocycles. The van der Waals surface area contributed by atoms with E-state index in [1.165, 1.54) is 25.7 Å². The lowest BCUT2D eigenvalue weighted by Gasteiger charge is -2.49. The van der Waals surface area contributed by atoms with Gasteiger partial charge >= 0.3 is 0 Å². The van der Waals surface area contributed by atoms with Crippen LogP contribution in [0.25, 0.3) is 0 Å². The fraction of sp³-hybridized carbons (Fsp3) is 0.882. The van der Waals surface area contributed by atoms with Crippen LogP contribution in [0.3, 0.4) is 0 Å². The lowest BCUT2D eigenvalue weighted by Crippen LogP contribution is -2.71. The Morgan fingerprint density at radius 1 is 1.19 bits per heavy atom. The lowest BCUT2D eigenvalue weighted by atomic mass is 9.87. The summed E-state index contributed by atoms with van der Waals surface area (Å²) in [6.07, 6.45) is 7.81. The van der Waals surface area contributed by atoms with Crippen molar-refractivity contribution in [2.75, 3.05) is 0 Å². The lowest BCUT2D eigenvalue weighted by molar-refractivity contribution is -0.160. The van der Waals surface area contributed by atoms with Gasteiger partial charge in [-0.25, -0.2) is 0 Å². The number of nitrogens with zero attached hydrogens (tertiary/aromatic N) is 1. The van der Waals surface area contributed by atoms with Crippen molar-refractivity contribution < 1.29 is 9.59 Å². The van der Waals surface area contributed by atoms with E-state index in [0.29, 0.717) is 0 Å². The van der Waals surface area contributed by atoms with Crippen molar-refractivity contribution in [3.63, 3.8) is 0 Å². The van der Waals surface area contributed by atoms with Gasteiger partial charge in [-0.2, -0.15) is 0 Å². The van der Waals surface area contributed by atoms with Crippen LogP contribution in [-0.4, -0.2) is 34.3 Å². The normalized spacial score (nSPS) is 29.0. The van der Waals surface area contributed by atoms with E-state index >= 15 is 0 Å². The molecule has 2 rings (SSSR count). The first-order valence-corrected chi connectivity index (χ1v) is 8.53. The Kier molecular flexibility index (Phi) is 4.95. The number of carbonyl (C=O) groups excluding carboxylic acids is 2. The summed E-state index contributed by atoms with van der Waals surface area (Å²) in [5.74, 6) is 0.309. The van der Waals surface area contributed by atoms with E-state index in [4.69, 9.17) is 0 Å². The van der Waals surface area contributed by atoms with Gasteiger partial charge in [-0.05, 0) is 32.6 Å². The van der Waals surface area contributed by atoms with Gasteiger partial charge in [-0.3, -0.25) is 9.59 Å². The van der Waals surface area contributed by atoms with E-state index in [-0.39, 0.29) is 29.8 Å². The fourth-order valence-electron chi connectivity index (χ4n) is 3.69. The average Bonchev–Trinajstić information content (AvgIpc) is 2.71. The number of carbonyl (C=O) groups is 2. The van der Waals surface area contributed by atoms with Crippen LogP contribution in [0.1, 0.15) is 72.6 Å². The van der Waals surface area contributed by atoms with Gasteiger partial charge < -0.3 is 10.2 Å². The van der Waals surface area contributed by atoms with Crippen molar-refractivity contribution in [2.24, 2.45) is 5.92 Å². The third kappa shape index (κ3) is 3.09. The molecule has 1 aliphatic heterocycles. The van der Waals surface area contributed by atoms with E-state index in [9.17, 15) is 9.59 Å². The molecule has 0 radical (unpaired) electrons. The Balaban J connectivity index is 2.28. The monoisotopic (exact) mass is 294 g/mol. The molecule has 0 bridgehead atoms. The van der Waals surface area contributed by atoms with Crippen LogP contribution < -0.4 is 5.32 Å². The number of hydrogen-bond acceptors (Lipinski definition) is 2. The third-order valence-electron chi connectivity index (χ3n) is 5.35. The highest BCUT2D eigenvalue weighted by Gasteiger charge is 2.49. The highest BCUT2D eigenvalue weighted by atomic mass is 16.2. The standard InChI is InChI=1S/C17H30N2O2/c1-5-12(2)14-15(20)19(17(3,4)16(21)18-14)13-10-8-6-7-9-11-13/h12-14H,5-11H2,1-4H3,(H,18,21). The van der Waals surface area contributed by atoms with E-state index in [1.807, 2.05) is 25.7 Å². The summed E-state index contributed by atoms with van der Waals surface area (Å²) in [7, 11) is 0. The second-order valence-corrected chi connectivity index (χ2v) is 7.25. The predicted octanol–water partition coefficient (Wildman–Crippen LogP) is 2.86. The Hall–Kier alpha value is -1.06. The molecule has 4 nitrogen and oxygen atoms in total. The summed E-state index contributed by atoms with van der Waals surface area (Å²) in [5, 5.41) is 2.96. The number of hydrogen-bond donors (Lipinski definition) is 1. The zero-order chi connectivity index (χ0) is 15.6. The average molecular weight is 294 g/mol. The van der Waals surface area contributed by atoms with Gasteiger partial charge in [0.25, 0.3) is 0 Å². The summed E-state index contributed by atoms with van der Waals surface area (Å²) in [6.45, 7) is 7.89. The number of nitrogens with one attached hydrogen (secondary N) is 1.